The van der Waals surface area contributed by atoms with Gasteiger partial charge in [0.05, 0.1) is 0 Å². The zero-order valence-electron chi connectivity index (χ0n) is 52.9. The van der Waals surface area contributed by atoms with Crippen LogP contribution in [0.25, 0.3) is 0 Å². The highest BCUT2D eigenvalue weighted by molar-refractivity contribution is 5.71. The normalized spacial score (nSPS) is 12.4. The van der Waals surface area contributed by atoms with Gasteiger partial charge in [0.15, 0.2) is 6.10 Å². The topological polar surface area (TPSA) is 78.9 Å². The van der Waals surface area contributed by atoms with Crippen LogP contribution in [0.15, 0.2) is 60.8 Å². The summed E-state index contributed by atoms with van der Waals surface area (Å²) in [6.45, 7) is 6.59. The number of rotatable bonds is 64. The summed E-state index contributed by atoms with van der Waals surface area (Å²) in [7, 11) is 0. The molecule has 6 heteroatoms. The maximum atomic E-state index is 13.0. The van der Waals surface area contributed by atoms with Crippen molar-refractivity contribution in [2.75, 3.05) is 13.2 Å². The van der Waals surface area contributed by atoms with E-state index >= 15 is 0 Å². The van der Waals surface area contributed by atoms with Gasteiger partial charge in [-0.05, 0) is 64.2 Å². The van der Waals surface area contributed by atoms with Gasteiger partial charge in [0, 0.05) is 19.3 Å². The van der Waals surface area contributed by atoms with Crippen molar-refractivity contribution < 1.29 is 28.6 Å². The van der Waals surface area contributed by atoms with Crippen LogP contribution in [0, 0.1) is 0 Å². The van der Waals surface area contributed by atoms with Crippen molar-refractivity contribution >= 4 is 17.9 Å². The molecule has 1 atom stereocenters. The molecule has 0 N–H and O–H groups in total. The summed E-state index contributed by atoms with van der Waals surface area (Å²) >= 11 is 0. The van der Waals surface area contributed by atoms with Gasteiger partial charge in [0.1, 0.15) is 13.2 Å². The number of carbonyl (C=O) groups excluding carboxylic acids is 3. The largest absolute Gasteiger partial charge is 0.462 e. The Morgan fingerprint density at radius 2 is 0.494 bits per heavy atom. The van der Waals surface area contributed by atoms with Crippen LogP contribution in [0.4, 0.5) is 0 Å². The predicted octanol–water partition coefficient (Wildman–Crippen LogP) is 23.9. The Morgan fingerprint density at radius 1 is 0.266 bits per heavy atom. The molecule has 0 aliphatic carbocycles. The molecular weight excluding hydrogens is 973 g/mol. The molecular formula is C73H132O6. The third-order valence-corrected chi connectivity index (χ3v) is 15.5. The predicted molar refractivity (Wildman–Crippen MR) is 344 cm³/mol. The van der Waals surface area contributed by atoms with Crippen LogP contribution in [-0.2, 0) is 28.6 Å². The van der Waals surface area contributed by atoms with Gasteiger partial charge < -0.3 is 14.2 Å². The summed E-state index contributed by atoms with van der Waals surface area (Å²) in [5.41, 5.74) is 0. The Morgan fingerprint density at radius 3 is 0.772 bits per heavy atom. The molecule has 0 spiro atoms. The van der Waals surface area contributed by atoms with Crippen LogP contribution >= 0.6 is 0 Å². The van der Waals surface area contributed by atoms with Crippen molar-refractivity contribution in [3.63, 3.8) is 0 Å². The first-order chi connectivity index (χ1) is 39.0. The van der Waals surface area contributed by atoms with Crippen LogP contribution in [0.3, 0.4) is 0 Å². The van der Waals surface area contributed by atoms with E-state index < -0.39 is 6.10 Å². The van der Waals surface area contributed by atoms with E-state index in [1.807, 2.05) is 0 Å². The van der Waals surface area contributed by atoms with E-state index in [2.05, 4.69) is 81.5 Å². The first kappa shape index (κ1) is 76.1. The van der Waals surface area contributed by atoms with Gasteiger partial charge in [-0.25, -0.2) is 0 Å². The van der Waals surface area contributed by atoms with E-state index in [4.69, 9.17) is 14.2 Å². The fourth-order valence-corrected chi connectivity index (χ4v) is 10.4. The SMILES string of the molecule is CC/C=C\C/C=C\C/C=C\C/C=C\C/C=C\CCCCCCCCCCCC(=O)OCC(COC(=O)CCCCCCCCCCCCCCCC)OC(=O)CCCCCCCCCCCCCCCCCCCCCCCC. The molecule has 0 saturated carbocycles. The zero-order valence-corrected chi connectivity index (χ0v) is 52.9. The van der Waals surface area contributed by atoms with E-state index in [1.54, 1.807) is 0 Å². The van der Waals surface area contributed by atoms with Crippen molar-refractivity contribution in [2.24, 2.45) is 0 Å². The number of hydrogen-bond donors (Lipinski definition) is 0. The lowest BCUT2D eigenvalue weighted by molar-refractivity contribution is -0.167. The Balaban J connectivity index is 4.29. The molecule has 0 saturated heterocycles. The van der Waals surface area contributed by atoms with Crippen molar-refractivity contribution in [1.29, 1.82) is 0 Å². The Labute approximate surface area is 491 Å². The minimum absolute atomic E-state index is 0.0702. The fourth-order valence-electron chi connectivity index (χ4n) is 10.4. The van der Waals surface area contributed by atoms with Gasteiger partial charge in [-0.3, -0.25) is 14.4 Å². The maximum absolute atomic E-state index is 13.0. The van der Waals surface area contributed by atoms with Gasteiger partial charge in [0.2, 0.25) is 0 Å². The van der Waals surface area contributed by atoms with E-state index in [0.29, 0.717) is 19.3 Å². The number of ether oxygens (including phenoxy) is 3. The van der Waals surface area contributed by atoms with E-state index in [0.717, 1.165) is 96.3 Å². The highest BCUT2D eigenvalue weighted by atomic mass is 16.6. The molecule has 6 nitrogen and oxygen atoms in total. The molecule has 0 fully saturated rings. The summed E-state index contributed by atoms with van der Waals surface area (Å²) in [6, 6.07) is 0. The monoisotopic (exact) mass is 1110 g/mol. The van der Waals surface area contributed by atoms with E-state index in [9.17, 15) is 14.4 Å². The van der Waals surface area contributed by atoms with Gasteiger partial charge in [-0.15, -0.1) is 0 Å². The molecule has 0 amide bonds. The number of carbonyl (C=O) groups is 3. The highest BCUT2D eigenvalue weighted by Crippen LogP contribution is 2.18. The van der Waals surface area contributed by atoms with Crippen LogP contribution in [0.1, 0.15) is 367 Å². The lowest BCUT2D eigenvalue weighted by Crippen LogP contribution is -2.30. The molecule has 0 rings (SSSR count). The zero-order chi connectivity index (χ0) is 57.1. The maximum Gasteiger partial charge on any atom is 0.306 e. The van der Waals surface area contributed by atoms with Crippen LogP contribution in [0.5, 0.6) is 0 Å². The first-order valence-corrected chi connectivity index (χ1v) is 34.8. The quantitative estimate of drug-likeness (QED) is 0.0261. The average Bonchev–Trinajstić information content (AvgIpc) is 3.45. The van der Waals surface area contributed by atoms with E-state index in [1.165, 1.54) is 231 Å². The van der Waals surface area contributed by atoms with Gasteiger partial charge in [-0.2, -0.15) is 0 Å². The first-order valence-electron chi connectivity index (χ1n) is 34.8. The number of hydrogen-bond acceptors (Lipinski definition) is 6. The third-order valence-electron chi connectivity index (χ3n) is 15.5. The van der Waals surface area contributed by atoms with Crippen molar-refractivity contribution in [3.8, 4) is 0 Å². The summed E-state index contributed by atoms with van der Waals surface area (Å²) in [6.07, 6.45) is 86.7. The molecule has 0 bridgehead atoms. The Hall–Kier alpha value is -2.89. The Bertz CT molecular complexity index is 1410. The molecule has 1 unspecified atom stereocenters. The minimum Gasteiger partial charge on any atom is -0.462 e. The fraction of sp³-hybridized carbons (Fsp3) is 0.822. The van der Waals surface area contributed by atoms with Crippen molar-refractivity contribution in [2.45, 2.75) is 374 Å². The second-order valence-electron chi connectivity index (χ2n) is 23.4. The van der Waals surface area contributed by atoms with Crippen LogP contribution in [0.2, 0.25) is 0 Å². The Kier molecular flexibility index (Phi) is 65.1. The summed E-state index contributed by atoms with van der Waals surface area (Å²) in [5.74, 6) is -0.850. The highest BCUT2D eigenvalue weighted by Gasteiger charge is 2.19. The summed E-state index contributed by atoms with van der Waals surface area (Å²) in [4.78, 5) is 38.4. The smallest absolute Gasteiger partial charge is 0.306 e. The van der Waals surface area contributed by atoms with Crippen LogP contribution in [-0.4, -0.2) is 37.2 Å². The molecule has 0 aromatic heterocycles. The average molecular weight is 1110 g/mol. The lowest BCUT2D eigenvalue weighted by Gasteiger charge is -2.18. The van der Waals surface area contributed by atoms with Crippen molar-refractivity contribution in [3.05, 3.63) is 60.8 Å². The molecule has 0 aromatic rings. The second-order valence-corrected chi connectivity index (χ2v) is 23.4. The number of allylic oxidation sites excluding steroid dienone is 10. The van der Waals surface area contributed by atoms with Crippen LogP contribution < -0.4 is 0 Å². The molecule has 79 heavy (non-hydrogen) atoms. The van der Waals surface area contributed by atoms with Crippen molar-refractivity contribution in [1.82, 2.24) is 0 Å². The molecule has 460 valence electrons. The summed E-state index contributed by atoms with van der Waals surface area (Å²) in [5, 5.41) is 0. The number of esters is 3. The second kappa shape index (κ2) is 67.6. The standard InChI is InChI=1S/C73H132O6/c1-4-7-10-13-16-19-22-25-28-30-32-34-36-37-38-40-41-43-45-48-51-54-57-60-63-66-72(75)78-69-70(68-77-71(74)65-62-59-56-53-50-47-27-24-21-18-15-12-9-6-3)79-73(76)67-64-61-58-55-52-49-46-44-42-39-35-33-31-29-26-23-20-17-14-11-8-5-2/h7,10,16,19,25,28,32,34,37-38,70H,4-6,8-9,11-15,17-18,20-24,26-27,29-31,33,35-36,39-69H2,1-3H3/b10-7-,19-16-,28-25-,34-32-,38-37-. The van der Waals surface area contributed by atoms with Gasteiger partial charge >= 0.3 is 17.9 Å². The van der Waals surface area contributed by atoms with E-state index in [-0.39, 0.29) is 31.1 Å². The molecule has 0 heterocycles. The third kappa shape index (κ3) is 65.8. The molecule has 0 aliphatic rings. The lowest BCUT2D eigenvalue weighted by atomic mass is 10.0. The molecule has 0 aliphatic heterocycles. The number of unbranched alkanes of at least 4 members (excludes halogenated alkanes) is 43. The molecule has 0 radical (unpaired) electrons. The van der Waals surface area contributed by atoms with Gasteiger partial charge in [-0.1, -0.05) is 345 Å². The van der Waals surface area contributed by atoms with Gasteiger partial charge in [0.25, 0.3) is 0 Å². The summed E-state index contributed by atoms with van der Waals surface area (Å²) < 4.78 is 17.0. The minimum atomic E-state index is -0.774. The molecule has 0 aromatic carbocycles.